The van der Waals surface area contributed by atoms with Crippen LogP contribution in [0.2, 0.25) is 0 Å². The van der Waals surface area contributed by atoms with Gasteiger partial charge in [-0.05, 0) is 32.0 Å². The summed E-state index contributed by atoms with van der Waals surface area (Å²) in [5, 5.41) is 2.51. The first-order chi connectivity index (χ1) is 8.06. The van der Waals surface area contributed by atoms with Crippen molar-refractivity contribution in [2.45, 2.75) is 6.92 Å². The summed E-state index contributed by atoms with van der Waals surface area (Å²) in [6.07, 6.45) is 6.72. The molecule has 0 unspecified atom stereocenters. The molecular formula is C12H18N4O. The lowest BCUT2D eigenvalue weighted by atomic mass is 10.2. The van der Waals surface area contributed by atoms with Crippen molar-refractivity contribution in [3.63, 3.8) is 0 Å². The van der Waals surface area contributed by atoms with Gasteiger partial charge in [-0.2, -0.15) is 0 Å². The summed E-state index contributed by atoms with van der Waals surface area (Å²) in [6, 6.07) is -0.220. The number of urea groups is 1. The Morgan fingerprint density at radius 1 is 1.41 bits per heavy atom. The van der Waals surface area contributed by atoms with Crippen LogP contribution < -0.4 is 5.32 Å². The van der Waals surface area contributed by atoms with E-state index in [1.165, 1.54) is 4.90 Å². The molecule has 0 heterocycles. The Balaban J connectivity index is 4.94. The molecule has 2 amide bonds. The number of nitrogens with one attached hydrogen (secondary N) is 1. The Hall–Kier alpha value is -2.17. The van der Waals surface area contributed by atoms with Gasteiger partial charge in [-0.15, -0.1) is 0 Å². The topological polar surface area (TPSA) is 57.1 Å². The first kappa shape index (κ1) is 14.8. The predicted octanol–water partition coefficient (Wildman–Crippen LogP) is 1.96. The van der Waals surface area contributed by atoms with Crippen LogP contribution in [-0.4, -0.2) is 38.5 Å². The maximum atomic E-state index is 11.3. The van der Waals surface area contributed by atoms with Crippen LogP contribution in [0.15, 0.2) is 45.8 Å². The van der Waals surface area contributed by atoms with Gasteiger partial charge < -0.3 is 10.2 Å². The molecule has 0 atom stereocenters. The van der Waals surface area contributed by atoms with E-state index < -0.39 is 0 Å². The first-order valence-electron chi connectivity index (χ1n) is 4.99. The molecule has 0 aliphatic carbocycles. The van der Waals surface area contributed by atoms with E-state index in [0.29, 0.717) is 5.70 Å². The molecule has 0 aliphatic rings. The fourth-order valence-electron chi connectivity index (χ4n) is 1.02. The number of nitrogens with zero attached hydrogens (tertiary/aromatic N) is 3. The van der Waals surface area contributed by atoms with E-state index in [1.54, 1.807) is 32.6 Å². The predicted molar refractivity (Wildman–Crippen MR) is 72.3 cm³/mol. The Morgan fingerprint density at radius 3 is 2.53 bits per heavy atom. The molecule has 0 rings (SSSR count). The molecular weight excluding hydrogens is 216 g/mol. The Bertz CT molecular complexity index is 380. The highest BCUT2D eigenvalue weighted by atomic mass is 16.2. The molecule has 0 saturated heterocycles. The second kappa shape index (κ2) is 8.04. The minimum absolute atomic E-state index is 0.220. The van der Waals surface area contributed by atoms with Gasteiger partial charge in [-0.3, -0.25) is 9.98 Å². The van der Waals surface area contributed by atoms with Crippen molar-refractivity contribution in [2.24, 2.45) is 9.98 Å². The molecule has 0 aromatic carbocycles. The normalized spacial score (nSPS) is 12.4. The van der Waals surface area contributed by atoms with Crippen LogP contribution >= 0.6 is 0 Å². The van der Waals surface area contributed by atoms with Crippen molar-refractivity contribution < 1.29 is 4.79 Å². The van der Waals surface area contributed by atoms with E-state index in [9.17, 15) is 4.79 Å². The van der Waals surface area contributed by atoms with Crippen molar-refractivity contribution in [3.05, 3.63) is 35.8 Å². The third kappa shape index (κ3) is 5.46. The van der Waals surface area contributed by atoms with Crippen LogP contribution in [0, 0.1) is 0 Å². The maximum Gasteiger partial charge on any atom is 0.320 e. The smallest absolute Gasteiger partial charge is 0.320 e. The summed E-state index contributed by atoms with van der Waals surface area (Å²) in [5.74, 6) is 0. The molecule has 5 nitrogen and oxygen atoms in total. The van der Waals surface area contributed by atoms with E-state index in [2.05, 4.69) is 28.7 Å². The molecule has 0 aromatic heterocycles. The number of hydrogen-bond acceptors (Lipinski definition) is 3. The van der Waals surface area contributed by atoms with Crippen LogP contribution in [0.5, 0.6) is 0 Å². The quantitative estimate of drug-likeness (QED) is 0.573. The number of hydrogen-bond donors (Lipinski definition) is 1. The lowest BCUT2D eigenvalue weighted by Gasteiger charge is -2.12. The fraction of sp³-hybridized carbons (Fsp3) is 0.250. The molecule has 0 spiro atoms. The maximum absolute atomic E-state index is 11.3. The number of rotatable bonds is 5. The van der Waals surface area contributed by atoms with Crippen molar-refractivity contribution in [1.29, 1.82) is 0 Å². The standard InChI is InChI=1S/C12H18N4O/c1-10(7-6-8-13-2)11(14-3)9-16(5)12(17)15-4/h6-9H,2-3H2,1,4-5H3,(H,15,17). The van der Waals surface area contributed by atoms with Crippen molar-refractivity contribution in [2.75, 3.05) is 14.1 Å². The van der Waals surface area contributed by atoms with Gasteiger partial charge in [0.1, 0.15) is 0 Å². The van der Waals surface area contributed by atoms with Gasteiger partial charge in [0.05, 0.1) is 5.70 Å². The zero-order chi connectivity index (χ0) is 13.3. The summed E-state index contributed by atoms with van der Waals surface area (Å²) in [6.45, 7) is 8.67. The largest absolute Gasteiger partial charge is 0.341 e. The fourth-order valence-corrected chi connectivity index (χ4v) is 1.02. The number of aliphatic imine (C=N–C) groups is 2. The van der Waals surface area contributed by atoms with Crippen molar-refractivity contribution >= 4 is 19.5 Å². The summed E-state index contributed by atoms with van der Waals surface area (Å²) in [5.41, 5.74) is 1.49. The van der Waals surface area contributed by atoms with Gasteiger partial charge in [0, 0.05) is 26.5 Å². The average molecular weight is 234 g/mol. The molecule has 0 fully saturated rings. The zero-order valence-electron chi connectivity index (χ0n) is 10.5. The number of carbonyl (C=O) groups excluding carboxylic acids is 1. The highest BCUT2D eigenvalue weighted by Gasteiger charge is 2.04. The summed E-state index contributed by atoms with van der Waals surface area (Å²) >= 11 is 0. The third-order valence-electron chi connectivity index (χ3n) is 1.96. The highest BCUT2D eigenvalue weighted by molar-refractivity contribution is 5.74. The molecule has 0 aliphatic heterocycles. The number of allylic oxidation sites excluding steroid dienone is 3. The van der Waals surface area contributed by atoms with Gasteiger partial charge in [0.2, 0.25) is 0 Å². The van der Waals surface area contributed by atoms with E-state index in [4.69, 9.17) is 0 Å². The van der Waals surface area contributed by atoms with Crippen molar-refractivity contribution in [1.82, 2.24) is 10.2 Å². The summed E-state index contributed by atoms with van der Waals surface area (Å²) in [4.78, 5) is 20.1. The van der Waals surface area contributed by atoms with Gasteiger partial charge in [-0.25, -0.2) is 4.79 Å². The van der Waals surface area contributed by atoms with Gasteiger partial charge in [-0.1, -0.05) is 6.08 Å². The average Bonchev–Trinajstić information content (AvgIpc) is 2.34. The van der Waals surface area contributed by atoms with E-state index >= 15 is 0 Å². The van der Waals surface area contributed by atoms with Gasteiger partial charge in [0.25, 0.3) is 0 Å². The minimum Gasteiger partial charge on any atom is -0.341 e. The molecule has 0 radical (unpaired) electrons. The zero-order valence-corrected chi connectivity index (χ0v) is 10.5. The van der Waals surface area contributed by atoms with E-state index in [0.717, 1.165) is 5.57 Å². The second-order valence-electron chi connectivity index (χ2n) is 3.21. The molecule has 1 N–H and O–H groups in total. The summed E-state index contributed by atoms with van der Waals surface area (Å²) < 4.78 is 0. The van der Waals surface area contributed by atoms with Crippen LogP contribution in [0.1, 0.15) is 6.92 Å². The Labute approximate surface area is 102 Å². The second-order valence-corrected chi connectivity index (χ2v) is 3.21. The van der Waals surface area contributed by atoms with E-state index in [1.807, 2.05) is 13.0 Å². The number of carbonyl (C=O) groups is 1. The molecule has 0 bridgehead atoms. The Morgan fingerprint density at radius 2 is 2.06 bits per heavy atom. The monoisotopic (exact) mass is 234 g/mol. The van der Waals surface area contributed by atoms with Crippen LogP contribution in [0.4, 0.5) is 4.79 Å². The number of amides is 2. The minimum atomic E-state index is -0.220. The van der Waals surface area contributed by atoms with Crippen molar-refractivity contribution in [3.8, 4) is 0 Å². The SMILES string of the molecule is C=NC=CC=C(C)C(=CN(C)C(=O)NC)N=C. The molecule has 5 heteroatoms. The molecule has 92 valence electrons. The van der Waals surface area contributed by atoms with Crippen LogP contribution in [0.3, 0.4) is 0 Å². The third-order valence-corrected chi connectivity index (χ3v) is 1.96. The Kier molecular flexibility index (Phi) is 7.01. The molecule has 17 heavy (non-hydrogen) atoms. The van der Waals surface area contributed by atoms with Gasteiger partial charge >= 0.3 is 6.03 Å². The van der Waals surface area contributed by atoms with Crippen LogP contribution in [-0.2, 0) is 0 Å². The molecule has 0 aromatic rings. The summed E-state index contributed by atoms with van der Waals surface area (Å²) in [7, 11) is 3.20. The van der Waals surface area contributed by atoms with E-state index in [-0.39, 0.29) is 6.03 Å². The van der Waals surface area contributed by atoms with Crippen LogP contribution in [0.25, 0.3) is 0 Å². The first-order valence-corrected chi connectivity index (χ1v) is 4.99. The highest BCUT2D eigenvalue weighted by Crippen LogP contribution is 2.11. The lowest BCUT2D eigenvalue weighted by molar-refractivity contribution is 0.224. The molecule has 0 saturated carbocycles. The van der Waals surface area contributed by atoms with Gasteiger partial charge in [0.15, 0.2) is 0 Å². The lowest BCUT2D eigenvalue weighted by Crippen LogP contribution is -2.31.